The van der Waals surface area contributed by atoms with Crippen LogP contribution in [0.4, 0.5) is 90.7 Å². The van der Waals surface area contributed by atoms with E-state index in [0.717, 1.165) is 89.9 Å². The lowest BCUT2D eigenvalue weighted by Crippen LogP contribution is -2.29. The zero-order chi connectivity index (χ0) is 85.4. The Hall–Kier alpha value is -14.5. The minimum absolute atomic E-state index is 0.0343. The zero-order valence-corrected chi connectivity index (χ0v) is 68.7. The molecule has 0 fully saturated rings. The third-order valence-corrected chi connectivity index (χ3v) is 17.6. The summed E-state index contributed by atoms with van der Waals surface area (Å²) < 4.78 is 42.2. The summed E-state index contributed by atoms with van der Waals surface area (Å²) in [6.45, 7) is 8.32. The van der Waals surface area contributed by atoms with Gasteiger partial charge in [0.15, 0.2) is 0 Å². The van der Waals surface area contributed by atoms with Crippen LogP contribution < -0.4 is 66.0 Å². The lowest BCUT2D eigenvalue weighted by atomic mass is 10.2. The molecule has 118 heavy (non-hydrogen) atoms. The Balaban J connectivity index is 0.000000180. The molecule has 0 bridgehead atoms. The lowest BCUT2D eigenvalue weighted by Gasteiger charge is -2.26. The number of aryl methyl sites for hydroxylation is 4. The number of nitrogen functional groups attached to an aromatic ring is 1. The first kappa shape index (κ1) is 87.4. The van der Waals surface area contributed by atoms with Gasteiger partial charge in [0, 0.05) is 197 Å². The maximum atomic E-state index is 13.7. The Kier molecular flexibility index (Phi) is 30.4. The van der Waals surface area contributed by atoms with Crippen LogP contribution in [0.2, 0.25) is 0 Å². The predicted octanol–water partition coefficient (Wildman–Crippen LogP) is 10.2. The Morgan fingerprint density at radius 1 is 0.449 bits per heavy atom. The van der Waals surface area contributed by atoms with Crippen molar-refractivity contribution in [2.45, 2.75) is 0 Å². The molecule has 12 aromatic rings. The molecule has 8 aromatic heterocycles. The van der Waals surface area contributed by atoms with E-state index in [1.807, 2.05) is 149 Å². The fraction of sp³-hybridized carbons (Fsp3) is 0.295. The number of hydrogen-bond acceptors (Lipinski definition) is 32. The van der Waals surface area contributed by atoms with Crippen molar-refractivity contribution in [1.29, 1.82) is 0 Å². The van der Waals surface area contributed by atoms with Gasteiger partial charge in [-0.05, 0) is 84.8 Å². The highest BCUT2D eigenvalue weighted by molar-refractivity contribution is 6.02. The van der Waals surface area contributed by atoms with Crippen molar-refractivity contribution in [3.63, 3.8) is 0 Å². The second kappa shape index (κ2) is 41.0. The molecule has 0 aliphatic carbocycles. The van der Waals surface area contributed by atoms with Gasteiger partial charge in [0.05, 0.1) is 131 Å². The van der Waals surface area contributed by atoms with Crippen molar-refractivity contribution >= 4 is 92.3 Å². The summed E-state index contributed by atoms with van der Waals surface area (Å²) in [4.78, 5) is 80.8. The molecule has 39 nitrogen and oxygen atoms in total. The number of rotatable bonds is 32. The van der Waals surface area contributed by atoms with Crippen molar-refractivity contribution in [2.75, 3.05) is 178 Å². The molecular weight excluding hydrogens is 1520 g/mol. The largest absolute Gasteiger partial charge is 0.494 e. The number of amides is 1. The molecule has 0 saturated heterocycles. The number of nitro groups is 2. The number of nitro benzene ring substituents is 2. The van der Waals surface area contributed by atoms with Crippen LogP contribution in [-0.4, -0.2) is 241 Å². The van der Waals surface area contributed by atoms with Gasteiger partial charge in [0.25, 0.3) is 5.69 Å². The van der Waals surface area contributed by atoms with Crippen LogP contribution in [0.1, 0.15) is 0 Å². The standard InChI is InChI=1S/C23H30N8O2.C20H26N8O3.C20H28N8O.C15H13FN6O3/c1-7-22(32)26-18-12-19(21(33-6)13-20(18)30(4)11-10-29(2)3)28-23-24-9-8-17(27-23)16-14-25-31(5)15-16;1-25(2)8-9-26(3)17-11-19(31-5)16(10-18(17)28(29)30)24-20-21-7-6-15(23-20)14-12-22-27(4)13-14;1-26(2)8-9-27(3)18-11-19(29-5)17(10-15(18)21)25-20-22-7-6-16(24-20)14-12-23-28(4)13-14;1-21-8-9(7-18-21)11-3-4-17-15(19-11)20-12-6-13(22(23)24)10(16)5-14(12)25-2/h7-9,12-15H,1,10-11H2,2-6H3,(H,26,32)(H,24,27,28);6-7,10-13H,8-9H2,1-5H3,(H,21,23,24);6-7,10-13H,8-9,21H2,1-5H3,(H,22,24,25);3-8H,1-2H3,(H,17,19,20). The smallest absolute Gasteiger partial charge is 0.307 e. The van der Waals surface area contributed by atoms with E-state index in [2.05, 4.69) is 113 Å². The summed E-state index contributed by atoms with van der Waals surface area (Å²) in [7, 11) is 31.2. The molecule has 0 aliphatic rings. The molecule has 0 spiro atoms. The molecule has 40 heteroatoms. The van der Waals surface area contributed by atoms with E-state index in [-0.39, 0.29) is 29.0 Å². The summed E-state index contributed by atoms with van der Waals surface area (Å²) >= 11 is 0. The van der Waals surface area contributed by atoms with Gasteiger partial charge in [-0.1, -0.05) is 6.58 Å². The van der Waals surface area contributed by atoms with Crippen LogP contribution in [0.25, 0.3) is 45.0 Å². The fourth-order valence-corrected chi connectivity index (χ4v) is 11.3. The highest BCUT2D eigenvalue weighted by atomic mass is 19.1. The maximum Gasteiger partial charge on any atom is 0.307 e. The quantitative estimate of drug-likeness (QED) is 0.00987. The summed E-state index contributed by atoms with van der Waals surface area (Å²) in [5, 5.41) is 54.5. The van der Waals surface area contributed by atoms with Crippen LogP contribution in [0.3, 0.4) is 0 Å². The highest BCUT2D eigenvalue weighted by Crippen LogP contribution is 2.42. The second-order valence-electron chi connectivity index (χ2n) is 27.3. The number of ether oxygens (including phenoxy) is 4. The third-order valence-electron chi connectivity index (χ3n) is 17.6. The van der Waals surface area contributed by atoms with Gasteiger partial charge in [0.1, 0.15) is 28.7 Å². The molecule has 0 radical (unpaired) electrons. The minimum atomic E-state index is -0.988. The normalized spacial score (nSPS) is 10.8. The number of nitrogens with zero attached hydrogens (tertiary/aromatic N) is 24. The molecule has 12 rings (SSSR count). The van der Waals surface area contributed by atoms with Gasteiger partial charge in [-0.3, -0.25) is 43.8 Å². The highest BCUT2D eigenvalue weighted by Gasteiger charge is 2.25. The van der Waals surface area contributed by atoms with Crippen molar-refractivity contribution in [3.8, 4) is 68.0 Å². The van der Waals surface area contributed by atoms with Crippen molar-refractivity contribution in [3.05, 3.63) is 186 Å². The van der Waals surface area contributed by atoms with Crippen molar-refractivity contribution in [1.82, 2.24) is 93.7 Å². The average Bonchev–Trinajstić information content (AvgIpc) is 1.19. The number of nitrogens with one attached hydrogen (secondary N) is 5. The third kappa shape index (κ3) is 24.0. The number of hydrogen-bond donors (Lipinski definition) is 6. The monoisotopic (exact) mass is 1620 g/mol. The molecule has 8 heterocycles. The molecule has 0 atom stereocenters. The SMILES string of the molecule is C=CC(=O)Nc1cc(Nc2nccc(-c3cnn(C)c3)n2)c(OC)cc1N(C)CCN(C)C.COc1cc(F)c([N+](=O)[O-])cc1Nc1nccc(-c2cnn(C)c2)n1.COc1cc(N(C)CCN(C)C)c(N)cc1Nc1nccc(-c2cnn(C)c2)n1.COc1cc(N(C)CCN(C)C)c([N+](=O)[O-])cc1Nc1nccc(-c2cnn(C)c2)n1. The van der Waals surface area contributed by atoms with Crippen LogP contribution in [0.5, 0.6) is 23.0 Å². The number of halogens is 1. The van der Waals surface area contributed by atoms with Crippen molar-refractivity contribution < 1.29 is 38.0 Å². The number of methoxy groups -OCH3 is 4. The van der Waals surface area contributed by atoms with E-state index < -0.39 is 21.4 Å². The first-order valence-electron chi connectivity index (χ1n) is 36.4. The molecule has 0 saturated carbocycles. The van der Waals surface area contributed by atoms with E-state index in [1.54, 1.807) is 108 Å². The van der Waals surface area contributed by atoms with Crippen LogP contribution in [0, 0.1) is 26.0 Å². The Bertz CT molecular complexity index is 5420. The van der Waals surface area contributed by atoms with E-state index in [9.17, 15) is 29.4 Å². The van der Waals surface area contributed by atoms with Gasteiger partial charge in [-0.25, -0.2) is 39.9 Å². The number of anilines is 13. The van der Waals surface area contributed by atoms with Gasteiger partial charge in [-0.2, -0.15) is 24.8 Å². The maximum absolute atomic E-state index is 13.7. The molecule has 0 unspecified atom stereocenters. The topological polar surface area (TPSA) is 420 Å². The van der Waals surface area contributed by atoms with Gasteiger partial charge >= 0.3 is 5.69 Å². The summed E-state index contributed by atoms with van der Waals surface area (Å²) in [5.74, 6) is 1.84. The number of nitrogens with two attached hydrogens (primary N) is 1. The van der Waals surface area contributed by atoms with Gasteiger partial charge in [0.2, 0.25) is 35.5 Å². The number of carbonyl (C=O) groups excluding carboxylic acids is 1. The fourth-order valence-electron chi connectivity index (χ4n) is 11.3. The predicted molar refractivity (Wildman–Crippen MR) is 454 cm³/mol. The number of benzene rings is 4. The molecule has 7 N–H and O–H groups in total. The zero-order valence-electron chi connectivity index (χ0n) is 68.7. The van der Waals surface area contributed by atoms with Crippen LogP contribution in [0.15, 0.2) is 160 Å². The molecule has 0 aliphatic heterocycles. The first-order chi connectivity index (χ1) is 56.4. The first-order valence-corrected chi connectivity index (χ1v) is 36.4. The molecule has 1 amide bonds. The van der Waals surface area contributed by atoms with E-state index >= 15 is 0 Å². The summed E-state index contributed by atoms with van der Waals surface area (Å²) in [6, 6.07) is 19.7. The van der Waals surface area contributed by atoms with E-state index in [4.69, 9.17) is 24.7 Å². The number of aromatic nitrogens is 16. The molecular formula is C78H97FN30O9. The number of carbonyl (C=O) groups is 1. The van der Waals surface area contributed by atoms with E-state index in [0.29, 0.717) is 87.2 Å². The average molecular weight is 1620 g/mol. The van der Waals surface area contributed by atoms with Gasteiger partial charge < -0.3 is 80.7 Å². The van der Waals surface area contributed by atoms with Gasteiger partial charge in [-0.15, -0.1) is 0 Å². The van der Waals surface area contributed by atoms with Crippen LogP contribution in [-0.2, 0) is 33.0 Å². The van der Waals surface area contributed by atoms with Crippen molar-refractivity contribution in [2.24, 2.45) is 28.2 Å². The number of likely N-dealkylation sites (N-methyl/N-ethyl adjacent to an activating group) is 6. The van der Waals surface area contributed by atoms with Crippen LogP contribution >= 0.6 is 0 Å². The Morgan fingerprint density at radius 3 is 1.08 bits per heavy atom. The minimum Gasteiger partial charge on any atom is -0.494 e. The summed E-state index contributed by atoms with van der Waals surface area (Å²) in [6.07, 6.45) is 22.0. The lowest BCUT2D eigenvalue weighted by molar-refractivity contribution is -0.387. The second-order valence-corrected chi connectivity index (χ2v) is 27.3. The van der Waals surface area contributed by atoms with E-state index in [1.165, 1.54) is 32.6 Å². The Labute approximate surface area is 681 Å². The summed E-state index contributed by atoms with van der Waals surface area (Å²) in [5.41, 5.74) is 17.2. The Morgan fingerprint density at radius 2 is 0.754 bits per heavy atom. The molecule has 620 valence electrons. The molecule has 4 aromatic carbocycles.